The van der Waals surface area contributed by atoms with Crippen LogP contribution < -0.4 is 5.73 Å². The van der Waals surface area contributed by atoms with E-state index in [1.165, 1.54) is 23.9 Å². The SMILES string of the molecule is CC(N)C1(c2cc3cc(Cl)ccc3[nH]2)CC1. The number of nitrogens with two attached hydrogens (primary N) is 1. The van der Waals surface area contributed by atoms with Crippen LogP contribution >= 0.6 is 11.6 Å². The summed E-state index contributed by atoms with van der Waals surface area (Å²) in [5, 5.41) is 1.96. The number of hydrogen-bond acceptors (Lipinski definition) is 1. The van der Waals surface area contributed by atoms with Gasteiger partial charge in [0.15, 0.2) is 0 Å². The largest absolute Gasteiger partial charge is 0.358 e. The second kappa shape index (κ2) is 3.25. The Morgan fingerprint density at radius 2 is 2.12 bits per heavy atom. The Morgan fingerprint density at radius 3 is 2.75 bits per heavy atom. The van der Waals surface area contributed by atoms with E-state index in [0.717, 1.165) is 10.5 Å². The maximum Gasteiger partial charge on any atom is 0.0457 e. The van der Waals surface area contributed by atoms with Crippen molar-refractivity contribution in [1.29, 1.82) is 0 Å². The summed E-state index contributed by atoms with van der Waals surface area (Å²) in [5.41, 5.74) is 8.66. The number of fused-ring (bicyclic) bond motifs is 1. The summed E-state index contributed by atoms with van der Waals surface area (Å²) in [6, 6.07) is 8.33. The summed E-state index contributed by atoms with van der Waals surface area (Å²) in [5.74, 6) is 0. The molecule has 1 saturated carbocycles. The van der Waals surface area contributed by atoms with E-state index in [4.69, 9.17) is 17.3 Å². The Balaban J connectivity index is 2.12. The van der Waals surface area contributed by atoms with E-state index in [-0.39, 0.29) is 11.5 Å². The molecule has 2 aromatic rings. The Hall–Kier alpha value is -0.990. The number of halogens is 1. The first-order chi connectivity index (χ1) is 7.62. The standard InChI is InChI=1S/C13H15ClN2/c1-8(15)13(4-5-13)12-7-9-6-10(14)2-3-11(9)16-12/h2-3,6-8,16H,4-5,15H2,1H3. The zero-order valence-corrected chi connectivity index (χ0v) is 10.0. The number of rotatable bonds is 2. The van der Waals surface area contributed by atoms with Gasteiger partial charge in [0.05, 0.1) is 0 Å². The summed E-state index contributed by atoms with van der Waals surface area (Å²) < 4.78 is 0. The average molecular weight is 235 g/mol. The van der Waals surface area contributed by atoms with Crippen LogP contribution in [0.1, 0.15) is 25.5 Å². The third kappa shape index (κ3) is 1.37. The van der Waals surface area contributed by atoms with Crippen molar-refractivity contribution in [2.75, 3.05) is 0 Å². The van der Waals surface area contributed by atoms with Crippen molar-refractivity contribution in [2.45, 2.75) is 31.2 Å². The van der Waals surface area contributed by atoms with Crippen LogP contribution in [0.3, 0.4) is 0 Å². The summed E-state index contributed by atoms with van der Waals surface area (Å²) >= 11 is 5.98. The molecule has 84 valence electrons. The van der Waals surface area contributed by atoms with Gasteiger partial charge in [0.1, 0.15) is 0 Å². The first kappa shape index (κ1) is 10.2. The van der Waals surface area contributed by atoms with Gasteiger partial charge in [0, 0.05) is 33.1 Å². The lowest BCUT2D eigenvalue weighted by Crippen LogP contribution is -2.31. The number of aromatic amines is 1. The van der Waals surface area contributed by atoms with Crippen LogP contribution in [-0.4, -0.2) is 11.0 Å². The molecule has 1 aromatic heterocycles. The monoisotopic (exact) mass is 234 g/mol. The third-order valence-electron chi connectivity index (χ3n) is 3.78. The van der Waals surface area contributed by atoms with Crippen LogP contribution in [0, 0.1) is 0 Å². The number of hydrogen-bond donors (Lipinski definition) is 2. The highest BCUT2D eigenvalue weighted by molar-refractivity contribution is 6.31. The Labute approximate surface area is 99.8 Å². The lowest BCUT2D eigenvalue weighted by molar-refractivity contribution is 0.546. The van der Waals surface area contributed by atoms with E-state index in [1.54, 1.807) is 0 Å². The van der Waals surface area contributed by atoms with Crippen molar-refractivity contribution < 1.29 is 0 Å². The maximum atomic E-state index is 6.07. The molecule has 1 aromatic carbocycles. The van der Waals surface area contributed by atoms with E-state index in [1.807, 2.05) is 18.2 Å². The van der Waals surface area contributed by atoms with Gasteiger partial charge < -0.3 is 10.7 Å². The van der Waals surface area contributed by atoms with Crippen molar-refractivity contribution in [1.82, 2.24) is 4.98 Å². The molecule has 0 amide bonds. The third-order valence-corrected chi connectivity index (χ3v) is 4.01. The van der Waals surface area contributed by atoms with E-state index >= 15 is 0 Å². The maximum absolute atomic E-state index is 6.07. The Kier molecular flexibility index (Phi) is 2.07. The Bertz CT molecular complexity index is 538. The molecule has 2 nitrogen and oxygen atoms in total. The van der Waals surface area contributed by atoms with Gasteiger partial charge in [-0.15, -0.1) is 0 Å². The molecule has 1 aliphatic rings. The van der Waals surface area contributed by atoms with Gasteiger partial charge >= 0.3 is 0 Å². The summed E-state index contributed by atoms with van der Waals surface area (Å²) in [7, 11) is 0. The van der Waals surface area contributed by atoms with Crippen LogP contribution in [0.25, 0.3) is 10.9 Å². The summed E-state index contributed by atoms with van der Waals surface area (Å²) in [6.45, 7) is 2.09. The molecule has 3 N–H and O–H groups in total. The molecule has 1 aliphatic carbocycles. The molecule has 16 heavy (non-hydrogen) atoms. The molecule has 0 bridgehead atoms. The van der Waals surface area contributed by atoms with Gasteiger partial charge in [-0.25, -0.2) is 0 Å². The quantitative estimate of drug-likeness (QED) is 0.823. The van der Waals surface area contributed by atoms with Crippen LogP contribution in [0.15, 0.2) is 24.3 Å². The predicted molar refractivity (Wildman–Crippen MR) is 67.9 cm³/mol. The predicted octanol–water partition coefficient (Wildman–Crippen LogP) is 3.20. The fourth-order valence-electron chi connectivity index (χ4n) is 2.48. The number of benzene rings is 1. The van der Waals surface area contributed by atoms with Gasteiger partial charge in [-0.1, -0.05) is 11.6 Å². The molecule has 1 atom stereocenters. The lowest BCUT2D eigenvalue weighted by atomic mass is 9.95. The van der Waals surface area contributed by atoms with Crippen molar-refractivity contribution >= 4 is 22.5 Å². The van der Waals surface area contributed by atoms with E-state index < -0.39 is 0 Å². The average Bonchev–Trinajstić information content (AvgIpc) is 2.94. The molecule has 0 aliphatic heterocycles. The van der Waals surface area contributed by atoms with Crippen molar-refractivity contribution in [3.05, 3.63) is 35.0 Å². The minimum Gasteiger partial charge on any atom is -0.358 e. The molecule has 1 heterocycles. The van der Waals surface area contributed by atoms with E-state index in [9.17, 15) is 0 Å². The van der Waals surface area contributed by atoms with Crippen LogP contribution in [0.5, 0.6) is 0 Å². The molecular weight excluding hydrogens is 220 g/mol. The topological polar surface area (TPSA) is 41.8 Å². The molecule has 1 unspecified atom stereocenters. The Morgan fingerprint density at radius 1 is 1.38 bits per heavy atom. The van der Waals surface area contributed by atoms with Gasteiger partial charge in [0.2, 0.25) is 0 Å². The molecular formula is C13H15ClN2. The number of nitrogens with one attached hydrogen (secondary N) is 1. The second-order valence-corrected chi connectivity index (χ2v) is 5.30. The van der Waals surface area contributed by atoms with Crippen LogP contribution in [0.4, 0.5) is 0 Å². The lowest BCUT2D eigenvalue weighted by Gasteiger charge is -2.17. The molecule has 0 saturated heterocycles. The molecule has 3 heteroatoms. The fourth-order valence-corrected chi connectivity index (χ4v) is 2.66. The fraction of sp³-hybridized carbons (Fsp3) is 0.385. The van der Waals surface area contributed by atoms with Crippen LogP contribution in [-0.2, 0) is 5.41 Å². The first-order valence-electron chi connectivity index (χ1n) is 5.66. The van der Waals surface area contributed by atoms with E-state index in [0.29, 0.717) is 0 Å². The minimum atomic E-state index is 0.186. The zero-order valence-electron chi connectivity index (χ0n) is 9.26. The smallest absolute Gasteiger partial charge is 0.0457 e. The summed E-state index contributed by atoms with van der Waals surface area (Å²) in [4.78, 5) is 3.47. The molecule has 1 fully saturated rings. The van der Waals surface area contributed by atoms with Crippen molar-refractivity contribution in [2.24, 2.45) is 5.73 Å². The first-order valence-corrected chi connectivity index (χ1v) is 6.04. The molecule has 0 spiro atoms. The number of aromatic nitrogens is 1. The number of H-pyrrole nitrogens is 1. The molecule has 3 rings (SSSR count). The van der Waals surface area contributed by atoms with Gasteiger partial charge in [-0.05, 0) is 44.0 Å². The van der Waals surface area contributed by atoms with Gasteiger partial charge in [0.25, 0.3) is 0 Å². The minimum absolute atomic E-state index is 0.186. The van der Waals surface area contributed by atoms with E-state index in [2.05, 4.69) is 18.0 Å². The molecule has 0 radical (unpaired) electrons. The van der Waals surface area contributed by atoms with Crippen molar-refractivity contribution in [3.63, 3.8) is 0 Å². The van der Waals surface area contributed by atoms with Crippen molar-refractivity contribution in [3.8, 4) is 0 Å². The van der Waals surface area contributed by atoms with Gasteiger partial charge in [-0.2, -0.15) is 0 Å². The zero-order chi connectivity index (χ0) is 11.3. The van der Waals surface area contributed by atoms with Crippen LogP contribution in [0.2, 0.25) is 5.02 Å². The van der Waals surface area contributed by atoms with Gasteiger partial charge in [-0.3, -0.25) is 0 Å². The summed E-state index contributed by atoms with van der Waals surface area (Å²) in [6.07, 6.45) is 2.37. The normalized spacial score (nSPS) is 19.9. The highest BCUT2D eigenvalue weighted by Crippen LogP contribution is 2.50. The second-order valence-electron chi connectivity index (χ2n) is 4.86. The highest BCUT2D eigenvalue weighted by Gasteiger charge is 2.48. The highest BCUT2D eigenvalue weighted by atomic mass is 35.5.